The van der Waals surface area contributed by atoms with Gasteiger partial charge in [0.15, 0.2) is 4.34 Å². The summed E-state index contributed by atoms with van der Waals surface area (Å²) < 4.78 is 2.62. The highest BCUT2D eigenvalue weighted by Crippen LogP contribution is 2.27. The zero-order chi connectivity index (χ0) is 25.3. The van der Waals surface area contributed by atoms with Crippen LogP contribution in [0.1, 0.15) is 11.1 Å². The molecule has 2 heterocycles. The third-order valence-corrected chi connectivity index (χ3v) is 7.20. The molecule has 182 valence electrons. The number of carbonyl (C=O) groups excluding carboxylic acids is 1. The first-order chi connectivity index (χ1) is 18.2. The molecule has 0 bridgehead atoms. The minimum absolute atomic E-state index is 0.275. The number of rotatable bonds is 9. The molecule has 0 fully saturated rings. The summed E-state index contributed by atoms with van der Waals surface area (Å²) in [5.41, 5.74) is 4.71. The number of thioether (sulfide) groups is 1. The molecular formula is C29H23N5OS2. The van der Waals surface area contributed by atoms with E-state index in [1.807, 2.05) is 89.7 Å². The van der Waals surface area contributed by atoms with Crippen molar-refractivity contribution in [3.63, 3.8) is 0 Å². The van der Waals surface area contributed by atoms with Gasteiger partial charge in [-0.15, -0.1) is 10.2 Å². The van der Waals surface area contributed by atoms with Crippen LogP contribution in [-0.4, -0.2) is 31.6 Å². The van der Waals surface area contributed by atoms with E-state index in [1.54, 1.807) is 17.8 Å². The van der Waals surface area contributed by atoms with Gasteiger partial charge in [-0.3, -0.25) is 10.1 Å². The average molecular weight is 522 g/mol. The number of nitrogens with zero attached hydrogens (tertiary/aromatic N) is 4. The van der Waals surface area contributed by atoms with E-state index in [9.17, 15) is 4.79 Å². The van der Waals surface area contributed by atoms with Crippen LogP contribution in [0.15, 0.2) is 114 Å². The first kappa shape index (κ1) is 24.4. The highest BCUT2D eigenvalue weighted by molar-refractivity contribution is 8.01. The number of amides is 1. The summed E-state index contributed by atoms with van der Waals surface area (Å²) in [7, 11) is 0. The Kier molecular flexibility index (Phi) is 8.00. The summed E-state index contributed by atoms with van der Waals surface area (Å²) in [5.74, 6) is 0.494. The molecule has 1 amide bonds. The van der Waals surface area contributed by atoms with E-state index in [0.29, 0.717) is 5.13 Å². The van der Waals surface area contributed by atoms with Gasteiger partial charge < -0.3 is 0 Å². The molecule has 0 radical (unpaired) electrons. The molecule has 0 saturated heterocycles. The molecule has 0 spiro atoms. The number of anilines is 1. The molecule has 5 rings (SSSR count). The number of nitrogens with one attached hydrogen (secondary N) is 1. The Morgan fingerprint density at radius 1 is 0.892 bits per heavy atom. The minimum Gasteiger partial charge on any atom is -0.297 e. The summed E-state index contributed by atoms with van der Waals surface area (Å²) in [6, 6.07) is 29.9. The van der Waals surface area contributed by atoms with Crippen molar-refractivity contribution in [2.75, 3.05) is 11.1 Å². The Morgan fingerprint density at radius 3 is 2.35 bits per heavy atom. The highest BCUT2D eigenvalue weighted by Gasteiger charge is 2.11. The van der Waals surface area contributed by atoms with E-state index in [0.717, 1.165) is 38.2 Å². The van der Waals surface area contributed by atoms with E-state index >= 15 is 0 Å². The van der Waals surface area contributed by atoms with Gasteiger partial charge in [-0.2, -0.15) is 5.10 Å². The van der Waals surface area contributed by atoms with Gasteiger partial charge in [0.05, 0.1) is 11.4 Å². The van der Waals surface area contributed by atoms with Crippen LogP contribution in [0, 0.1) is 0 Å². The third kappa shape index (κ3) is 6.69. The zero-order valence-corrected chi connectivity index (χ0v) is 21.4. The Bertz CT molecular complexity index is 1510. The number of para-hydroxylation sites is 1. The molecule has 0 atom stereocenters. The number of carbonyl (C=O) groups is 1. The molecule has 8 heteroatoms. The lowest BCUT2D eigenvalue weighted by Crippen LogP contribution is -2.07. The van der Waals surface area contributed by atoms with E-state index in [1.165, 1.54) is 17.4 Å². The van der Waals surface area contributed by atoms with Gasteiger partial charge in [-0.1, -0.05) is 114 Å². The quantitative estimate of drug-likeness (QED) is 0.130. The fourth-order valence-electron chi connectivity index (χ4n) is 3.54. The lowest BCUT2D eigenvalue weighted by Gasteiger charge is -2.00. The van der Waals surface area contributed by atoms with E-state index < -0.39 is 0 Å². The van der Waals surface area contributed by atoms with Crippen LogP contribution in [0.4, 0.5) is 5.13 Å². The smallest absolute Gasteiger partial charge is 0.250 e. The molecule has 0 saturated carbocycles. The second-order valence-electron chi connectivity index (χ2n) is 7.90. The van der Waals surface area contributed by atoms with Gasteiger partial charge in [0.25, 0.3) is 0 Å². The average Bonchev–Trinajstić information content (AvgIpc) is 3.58. The summed E-state index contributed by atoms with van der Waals surface area (Å²) in [4.78, 5) is 12.6. The molecule has 2 aromatic heterocycles. The maximum absolute atomic E-state index is 12.6. The van der Waals surface area contributed by atoms with Crippen LogP contribution in [-0.2, 0) is 4.79 Å². The summed E-state index contributed by atoms with van der Waals surface area (Å²) >= 11 is 2.93. The minimum atomic E-state index is -0.275. The second-order valence-corrected chi connectivity index (χ2v) is 10.1. The monoisotopic (exact) mass is 521 g/mol. The lowest BCUT2D eigenvalue weighted by atomic mass is 10.1. The predicted molar refractivity (Wildman–Crippen MR) is 153 cm³/mol. The normalized spacial score (nSPS) is 11.4. The summed E-state index contributed by atoms with van der Waals surface area (Å²) in [6.07, 6.45) is 9.35. The summed E-state index contributed by atoms with van der Waals surface area (Å²) in [6.45, 7) is 0. The van der Waals surface area contributed by atoms with E-state index in [4.69, 9.17) is 5.10 Å². The first-order valence-electron chi connectivity index (χ1n) is 11.6. The van der Waals surface area contributed by atoms with Crippen molar-refractivity contribution in [2.24, 2.45) is 0 Å². The van der Waals surface area contributed by atoms with Crippen molar-refractivity contribution < 1.29 is 4.79 Å². The van der Waals surface area contributed by atoms with E-state index in [2.05, 4.69) is 39.8 Å². The van der Waals surface area contributed by atoms with Gasteiger partial charge in [-0.25, -0.2) is 4.68 Å². The number of hydrogen-bond acceptors (Lipinski definition) is 6. The SMILES string of the molecule is O=C(/C=C/c1cn(-c2ccccc2)nc1-c1ccccc1)Nc1nnc(SC/C=C/c2ccccc2)s1. The fourth-order valence-corrected chi connectivity index (χ4v) is 5.13. The van der Waals surface area contributed by atoms with Gasteiger partial charge in [0, 0.05) is 29.2 Å². The molecule has 0 aliphatic heterocycles. The fraction of sp³-hybridized carbons (Fsp3) is 0.0345. The van der Waals surface area contributed by atoms with Crippen LogP contribution < -0.4 is 5.32 Å². The number of aromatic nitrogens is 4. The number of benzene rings is 3. The Labute approximate surface area is 223 Å². The molecule has 6 nitrogen and oxygen atoms in total. The molecule has 5 aromatic rings. The van der Waals surface area contributed by atoms with Crippen molar-refractivity contribution in [3.8, 4) is 16.9 Å². The van der Waals surface area contributed by atoms with Gasteiger partial charge >= 0.3 is 0 Å². The molecule has 1 N–H and O–H groups in total. The standard InChI is InChI=1S/C29H23N5OS2/c35-26(30-28-31-32-29(37-28)36-20-10-13-22-11-4-1-5-12-22)19-18-24-21-34(25-16-8-3-9-17-25)33-27(24)23-14-6-2-7-15-23/h1-19,21H,20H2,(H,30,31,35)/b13-10+,19-18+. The van der Waals surface area contributed by atoms with Gasteiger partial charge in [-0.05, 0) is 23.8 Å². The largest absolute Gasteiger partial charge is 0.297 e. The molecule has 0 aliphatic rings. The first-order valence-corrected chi connectivity index (χ1v) is 13.4. The van der Waals surface area contributed by atoms with Crippen LogP contribution in [0.3, 0.4) is 0 Å². The second kappa shape index (κ2) is 12.1. The van der Waals surface area contributed by atoms with Crippen molar-refractivity contribution in [1.82, 2.24) is 20.0 Å². The Morgan fingerprint density at radius 2 is 1.59 bits per heavy atom. The van der Waals surface area contributed by atoms with Gasteiger partial charge in [0.2, 0.25) is 11.0 Å². The molecule has 0 aliphatic carbocycles. The lowest BCUT2D eigenvalue weighted by molar-refractivity contribution is -0.111. The molecule has 37 heavy (non-hydrogen) atoms. The molecule has 0 unspecified atom stereocenters. The number of hydrogen-bond donors (Lipinski definition) is 1. The van der Waals surface area contributed by atoms with Crippen LogP contribution in [0.2, 0.25) is 0 Å². The van der Waals surface area contributed by atoms with Crippen molar-refractivity contribution in [1.29, 1.82) is 0 Å². The van der Waals surface area contributed by atoms with Crippen molar-refractivity contribution >= 4 is 46.3 Å². The molecular weight excluding hydrogens is 498 g/mol. The topological polar surface area (TPSA) is 72.7 Å². The Hall–Kier alpha value is -4.27. The van der Waals surface area contributed by atoms with Crippen LogP contribution in [0.25, 0.3) is 29.1 Å². The predicted octanol–water partition coefficient (Wildman–Crippen LogP) is 6.85. The van der Waals surface area contributed by atoms with Crippen LogP contribution >= 0.6 is 23.1 Å². The Balaban J connectivity index is 1.24. The maximum atomic E-state index is 12.6. The zero-order valence-electron chi connectivity index (χ0n) is 19.8. The van der Waals surface area contributed by atoms with E-state index in [-0.39, 0.29) is 5.91 Å². The highest BCUT2D eigenvalue weighted by atomic mass is 32.2. The van der Waals surface area contributed by atoms with Crippen LogP contribution in [0.5, 0.6) is 0 Å². The summed E-state index contributed by atoms with van der Waals surface area (Å²) in [5, 5.41) is 16.3. The molecule has 3 aromatic carbocycles. The van der Waals surface area contributed by atoms with Crippen molar-refractivity contribution in [2.45, 2.75) is 4.34 Å². The third-order valence-electron chi connectivity index (χ3n) is 5.27. The van der Waals surface area contributed by atoms with Crippen molar-refractivity contribution in [3.05, 3.63) is 120 Å². The van der Waals surface area contributed by atoms with Gasteiger partial charge in [0.1, 0.15) is 0 Å². The maximum Gasteiger partial charge on any atom is 0.250 e.